The Morgan fingerprint density at radius 1 is 1.59 bits per heavy atom. The lowest BCUT2D eigenvalue weighted by molar-refractivity contribution is 0.264. The van der Waals surface area contributed by atoms with Gasteiger partial charge in [-0.3, -0.25) is 0 Å². The van der Waals surface area contributed by atoms with Crippen LogP contribution in [0.15, 0.2) is 12.3 Å². The third kappa shape index (κ3) is 2.94. The van der Waals surface area contributed by atoms with Gasteiger partial charge in [-0.05, 0) is 25.2 Å². The van der Waals surface area contributed by atoms with Crippen LogP contribution in [0, 0.1) is 17.2 Å². The van der Waals surface area contributed by atoms with Crippen molar-refractivity contribution in [2.24, 2.45) is 5.92 Å². The molecule has 0 saturated heterocycles. The Labute approximate surface area is 102 Å². The normalized spacial score (nSPS) is 16.9. The van der Waals surface area contributed by atoms with Crippen molar-refractivity contribution in [2.45, 2.75) is 45.1 Å². The molecule has 1 aromatic rings. The van der Waals surface area contributed by atoms with E-state index in [9.17, 15) is 0 Å². The van der Waals surface area contributed by atoms with Gasteiger partial charge in [0.05, 0.1) is 11.8 Å². The van der Waals surface area contributed by atoms with Gasteiger partial charge in [-0.1, -0.05) is 19.8 Å². The second kappa shape index (κ2) is 5.62. The largest absolute Gasteiger partial charge is 0.366 e. The van der Waals surface area contributed by atoms with E-state index < -0.39 is 0 Å². The molecular formula is C13H18N4. The molecule has 1 aliphatic rings. The van der Waals surface area contributed by atoms with Crippen molar-refractivity contribution in [1.82, 2.24) is 10.2 Å². The highest BCUT2D eigenvalue weighted by molar-refractivity contribution is 5.41. The zero-order chi connectivity index (χ0) is 12.1. The minimum atomic E-state index is 0.483. The summed E-state index contributed by atoms with van der Waals surface area (Å²) in [4.78, 5) is 0. The quantitative estimate of drug-likeness (QED) is 0.844. The van der Waals surface area contributed by atoms with Crippen LogP contribution in [0.3, 0.4) is 0 Å². The van der Waals surface area contributed by atoms with E-state index in [2.05, 4.69) is 28.5 Å². The molecule has 1 aromatic heterocycles. The number of nitrogens with zero attached hydrogens (tertiary/aromatic N) is 3. The second-order valence-electron chi connectivity index (χ2n) is 4.67. The van der Waals surface area contributed by atoms with Gasteiger partial charge in [0, 0.05) is 12.1 Å². The third-order valence-corrected chi connectivity index (χ3v) is 3.44. The molecule has 90 valence electrons. The summed E-state index contributed by atoms with van der Waals surface area (Å²) in [6.45, 7) is 2.20. The van der Waals surface area contributed by atoms with Crippen molar-refractivity contribution in [2.75, 3.05) is 5.32 Å². The fraction of sp³-hybridized carbons (Fsp3) is 0.615. The molecule has 0 aliphatic heterocycles. The van der Waals surface area contributed by atoms with Crippen LogP contribution in [-0.2, 0) is 0 Å². The van der Waals surface area contributed by atoms with Gasteiger partial charge in [0.15, 0.2) is 0 Å². The van der Waals surface area contributed by atoms with E-state index in [0.29, 0.717) is 11.6 Å². The van der Waals surface area contributed by atoms with E-state index in [1.165, 1.54) is 31.9 Å². The zero-order valence-corrected chi connectivity index (χ0v) is 10.2. The van der Waals surface area contributed by atoms with E-state index in [1.54, 1.807) is 6.07 Å². The highest BCUT2D eigenvalue weighted by Crippen LogP contribution is 2.32. The molecule has 0 aromatic carbocycles. The molecule has 1 aliphatic carbocycles. The number of hydrogen-bond acceptors (Lipinski definition) is 4. The van der Waals surface area contributed by atoms with Gasteiger partial charge >= 0.3 is 0 Å². The monoisotopic (exact) mass is 230 g/mol. The molecule has 17 heavy (non-hydrogen) atoms. The van der Waals surface area contributed by atoms with Crippen LogP contribution in [-0.4, -0.2) is 16.2 Å². The van der Waals surface area contributed by atoms with Crippen LogP contribution < -0.4 is 5.32 Å². The van der Waals surface area contributed by atoms with Crippen molar-refractivity contribution in [1.29, 1.82) is 5.26 Å². The molecular weight excluding hydrogens is 212 g/mol. The maximum atomic E-state index is 8.82. The van der Waals surface area contributed by atoms with Gasteiger partial charge in [-0.2, -0.15) is 10.4 Å². The molecule has 0 bridgehead atoms. The smallest absolute Gasteiger partial charge is 0.150 e. The van der Waals surface area contributed by atoms with Crippen molar-refractivity contribution in [3.8, 4) is 6.07 Å². The summed E-state index contributed by atoms with van der Waals surface area (Å²) in [7, 11) is 0. The van der Waals surface area contributed by atoms with Crippen LogP contribution in [0.4, 0.5) is 5.82 Å². The average molecular weight is 230 g/mol. The Balaban J connectivity index is 2.03. The summed E-state index contributed by atoms with van der Waals surface area (Å²) in [5, 5.41) is 20.1. The topological polar surface area (TPSA) is 61.6 Å². The van der Waals surface area contributed by atoms with Gasteiger partial charge in [0.25, 0.3) is 0 Å². The van der Waals surface area contributed by atoms with Gasteiger partial charge in [0.1, 0.15) is 11.9 Å². The number of aromatic nitrogens is 2. The molecule has 1 saturated carbocycles. The Bertz CT molecular complexity index is 406. The molecule has 4 heteroatoms. The molecule has 1 heterocycles. The van der Waals surface area contributed by atoms with E-state index in [1.807, 2.05) is 0 Å². The minimum Gasteiger partial charge on any atom is -0.366 e. The van der Waals surface area contributed by atoms with Crippen molar-refractivity contribution < 1.29 is 0 Å². The summed E-state index contributed by atoms with van der Waals surface area (Å²) >= 11 is 0. The first kappa shape index (κ1) is 11.8. The Hall–Kier alpha value is -1.63. The minimum absolute atomic E-state index is 0.483. The number of nitrogens with one attached hydrogen (secondary N) is 1. The third-order valence-electron chi connectivity index (χ3n) is 3.44. The van der Waals surface area contributed by atoms with Crippen LogP contribution >= 0.6 is 0 Å². The standard InChI is InChI=1S/C13H18N4/c1-2-4-12(11-5-3-6-11)16-13-7-10(8-14)9-15-17-13/h7,9,11-12H,2-6H2,1H3,(H,16,17). The fourth-order valence-corrected chi connectivity index (χ4v) is 2.27. The van der Waals surface area contributed by atoms with Crippen LogP contribution in [0.2, 0.25) is 0 Å². The molecule has 0 amide bonds. The van der Waals surface area contributed by atoms with Gasteiger partial charge in [-0.15, -0.1) is 5.10 Å². The fourth-order valence-electron chi connectivity index (χ4n) is 2.27. The summed E-state index contributed by atoms with van der Waals surface area (Å²) in [5.41, 5.74) is 0.561. The van der Waals surface area contributed by atoms with Gasteiger partial charge in [-0.25, -0.2) is 0 Å². The summed E-state index contributed by atoms with van der Waals surface area (Å²) in [5.74, 6) is 1.50. The molecule has 0 spiro atoms. The van der Waals surface area contributed by atoms with Crippen molar-refractivity contribution in [3.05, 3.63) is 17.8 Å². The average Bonchev–Trinajstić information content (AvgIpc) is 2.27. The zero-order valence-electron chi connectivity index (χ0n) is 10.2. The summed E-state index contributed by atoms with van der Waals surface area (Å²) in [6, 6.07) is 4.34. The van der Waals surface area contributed by atoms with E-state index in [-0.39, 0.29) is 0 Å². The van der Waals surface area contributed by atoms with Crippen LogP contribution in [0.25, 0.3) is 0 Å². The second-order valence-corrected chi connectivity index (χ2v) is 4.67. The maximum absolute atomic E-state index is 8.82. The van der Waals surface area contributed by atoms with Crippen LogP contribution in [0.5, 0.6) is 0 Å². The van der Waals surface area contributed by atoms with Gasteiger partial charge < -0.3 is 5.32 Å². The number of rotatable bonds is 5. The van der Waals surface area contributed by atoms with Crippen molar-refractivity contribution >= 4 is 5.82 Å². The Morgan fingerprint density at radius 2 is 2.41 bits per heavy atom. The van der Waals surface area contributed by atoms with Crippen molar-refractivity contribution in [3.63, 3.8) is 0 Å². The number of nitriles is 1. The summed E-state index contributed by atoms with van der Waals surface area (Å²) < 4.78 is 0. The highest BCUT2D eigenvalue weighted by Gasteiger charge is 2.26. The predicted octanol–water partition coefficient (Wildman–Crippen LogP) is 2.73. The highest BCUT2D eigenvalue weighted by atomic mass is 15.2. The van der Waals surface area contributed by atoms with E-state index >= 15 is 0 Å². The Kier molecular flexibility index (Phi) is 3.92. The molecule has 1 unspecified atom stereocenters. The van der Waals surface area contributed by atoms with E-state index in [4.69, 9.17) is 5.26 Å². The van der Waals surface area contributed by atoms with E-state index in [0.717, 1.165) is 18.2 Å². The lowest BCUT2D eigenvalue weighted by Gasteiger charge is -2.34. The van der Waals surface area contributed by atoms with Crippen LogP contribution in [0.1, 0.15) is 44.6 Å². The SMILES string of the molecule is CCCC(Nc1cc(C#N)cnn1)C1CCC1. The lowest BCUT2D eigenvalue weighted by Crippen LogP contribution is -2.33. The maximum Gasteiger partial charge on any atom is 0.150 e. The lowest BCUT2D eigenvalue weighted by atomic mass is 9.78. The first-order valence-electron chi connectivity index (χ1n) is 6.33. The first-order valence-corrected chi connectivity index (χ1v) is 6.33. The molecule has 4 nitrogen and oxygen atoms in total. The number of anilines is 1. The molecule has 0 radical (unpaired) electrons. The molecule has 1 fully saturated rings. The summed E-state index contributed by atoms with van der Waals surface area (Å²) in [6.07, 6.45) is 7.77. The molecule has 2 rings (SSSR count). The molecule has 1 atom stereocenters. The number of hydrogen-bond donors (Lipinski definition) is 1. The predicted molar refractivity (Wildman–Crippen MR) is 66.4 cm³/mol. The first-order chi connectivity index (χ1) is 8.33. The van der Waals surface area contributed by atoms with Gasteiger partial charge in [0.2, 0.25) is 0 Å². The Morgan fingerprint density at radius 3 is 3.00 bits per heavy atom. The molecule has 1 N–H and O–H groups in total.